The van der Waals surface area contributed by atoms with Gasteiger partial charge in [-0.3, -0.25) is 19.2 Å². The standard InChI is InChI=1S/C28H36O8/c1-14-12-17-25(5)11-10-18(30)24(3,4)16(25)13-19(35-15(2)29)27(17,7)20-21(31)36-28(8,23(33)34-9)22(32)26(14,20)6/h10-11,16-17,19-20H,1,12-13H2,2-9H3/t16-,17+,19+,20+,25-,26+,27-,28+/m0/s1. The summed E-state index contributed by atoms with van der Waals surface area (Å²) in [5, 5.41) is 0. The topological polar surface area (TPSA) is 113 Å². The van der Waals surface area contributed by atoms with Gasteiger partial charge in [0, 0.05) is 17.8 Å². The lowest BCUT2D eigenvalue weighted by Gasteiger charge is -2.68. The summed E-state index contributed by atoms with van der Waals surface area (Å²) < 4.78 is 16.3. The molecule has 0 aromatic rings. The lowest BCUT2D eigenvalue weighted by atomic mass is 9.35. The molecular formula is C28H36O8. The minimum Gasteiger partial charge on any atom is -0.466 e. The van der Waals surface area contributed by atoms with Crippen LogP contribution in [-0.4, -0.2) is 48.3 Å². The number of hydrogen-bond donors (Lipinski definition) is 0. The molecule has 36 heavy (non-hydrogen) atoms. The number of hydrogen-bond acceptors (Lipinski definition) is 8. The van der Waals surface area contributed by atoms with Crippen LogP contribution >= 0.6 is 0 Å². The molecule has 2 saturated carbocycles. The van der Waals surface area contributed by atoms with E-state index < -0.39 is 63.0 Å². The molecule has 0 N–H and O–H groups in total. The van der Waals surface area contributed by atoms with Crippen molar-refractivity contribution in [3.8, 4) is 0 Å². The maximum atomic E-state index is 14.0. The van der Waals surface area contributed by atoms with Gasteiger partial charge in [0.15, 0.2) is 11.6 Å². The average Bonchev–Trinajstić information content (AvgIpc) is 2.78. The minimum atomic E-state index is -2.11. The van der Waals surface area contributed by atoms with Gasteiger partial charge >= 0.3 is 17.9 Å². The number of esters is 3. The van der Waals surface area contributed by atoms with Crippen molar-refractivity contribution in [3.05, 3.63) is 24.3 Å². The molecule has 8 atom stereocenters. The lowest BCUT2D eigenvalue weighted by molar-refractivity contribution is -0.240. The molecule has 0 aromatic carbocycles. The van der Waals surface area contributed by atoms with E-state index >= 15 is 0 Å². The molecule has 0 amide bonds. The first-order chi connectivity index (χ1) is 16.4. The Morgan fingerprint density at radius 1 is 1.06 bits per heavy atom. The summed E-state index contributed by atoms with van der Waals surface area (Å²) >= 11 is 0. The van der Waals surface area contributed by atoms with Crippen LogP contribution in [0.3, 0.4) is 0 Å². The quantitative estimate of drug-likeness (QED) is 0.245. The Morgan fingerprint density at radius 2 is 1.67 bits per heavy atom. The molecule has 0 spiro atoms. The van der Waals surface area contributed by atoms with Crippen LogP contribution in [0.15, 0.2) is 24.3 Å². The Hall–Kier alpha value is -2.77. The Labute approximate surface area is 211 Å². The molecule has 3 aliphatic carbocycles. The first-order valence-electron chi connectivity index (χ1n) is 12.4. The van der Waals surface area contributed by atoms with Crippen molar-refractivity contribution >= 4 is 29.5 Å². The highest BCUT2D eigenvalue weighted by Gasteiger charge is 2.76. The number of carbonyl (C=O) groups is 5. The maximum absolute atomic E-state index is 14.0. The van der Waals surface area contributed by atoms with E-state index in [1.54, 1.807) is 13.0 Å². The van der Waals surface area contributed by atoms with Gasteiger partial charge in [-0.25, -0.2) is 4.79 Å². The molecule has 0 bridgehead atoms. The SMILES string of the molecule is C=C1C[C@@H]2[C@@]3(C)C=CC(=O)C(C)(C)[C@@H]3C[C@@H](OC(C)=O)[C@@]2(C)[C@@H]2C(=O)O[C@@](C)(C(=O)OC)C(=O)[C@]12C. The Kier molecular flexibility index (Phi) is 5.57. The predicted molar refractivity (Wildman–Crippen MR) is 128 cm³/mol. The minimum absolute atomic E-state index is 0.00396. The predicted octanol–water partition coefficient (Wildman–Crippen LogP) is 3.37. The van der Waals surface area contributed by atoms with Crippen LogP contribution in [0.4, 0.5) is 0 Å². The van der Waals surface area contributed by atoms with Gasteiger partial charge < -0.3 is 14.2 Å². The van der Waals surface area contributed by atoms with Crippen LogP contribution in [0, 0.1) is 39.4 Å². The van der Waals surface area contributed by atoms with Crippen molar-refractivity contribution in [2.24, 2.45) is 39.4 Å². The summed E-state index contributed by atoms with van der Waals surface area (Å²) in [6, 6.07) is 0. The fourth-order valence-corrected chi connectivity index (χ4v) is 8.20. The van der Waals surface area contributed by atoms with Gasteiger partial charge in [0.05, 0.1) is 18.4 Å². The Morgan fingerprint density at radius 3 is 2.22 bits per heavy atom. The molecule has 196 valence electrons. The van der Waals surface area contributed by atoms with Gasteiger partial charge in [0.25, 0.3) is 5.60 Å². The fourth-order valence-electron chi connectivity index (χ4n) is 8.20. The molecule has 0 radical (unpaired) electrons. The summed E-state index contributed by atoms with van der Waals surface area (Å²) in [6.45, 7) is 16.2. The summed E-state index contributed by atoms with van der Waals surface area (Å²) in [4.78, 5) is 65.7. The highest BCUT2D eigenvalue weighted by molar-refractivity contribution is 6.15. The van der Waals surface area contributed by atoms with Crippen LogP contribution in [-0.2, 0) is 38.2 Å². The third kappa shape index (κ3) is 2.96. The summed E-state index contributed by atoms with van der Waals surface area (Å²) in [5.41, 5.74) is -5.37. The average molecular weight is 501 g/mol. The third-order valence-corrected chi connectivity index (χ3v) is 10.2. The second-order valence-corrected chi connectivity index (χ2v) is 12.3. The number of Topliss-reactive ketones (excluding diaryl/α,β-unsaturated/α-hetero) is 1. The summed E-state index contributed by atoms with van der Waals surface area (Å²) in [7, 11) is 1.13. The van der Waals surface area contributed by atoms with E-state index in [-0.39, 0.29) is 17.6 Å². The molecule has 1 heterocycles. The second kappa shape index (κ2) is 7.62. The van der Waals surface area contributed by atoms with E-state index in [2.05, 4.69) is 13.5 Å². The Bertz CT molecular complexity index is 1130. The highest BCUT2D eigenvalue weighted by Crippen LogP contribution is 2.71. The van der Waals surface area contributed by atoms with Gasteiger partial charge in [-0.2, -0.15) is 0 Å². The van der Waals surface area contributed by atoms with Gasteiger partial charge in [-0.15, -0.1) is 0 Å². The van der Waals surface area contributed by atoms with Crippen molar-refractivity contribution < 1.29 is 38.2 Å². The number of carbonyl (C=O) groups excluding carboxylic acids is 5. The van der Waals surface area contributed by atoms with Crippen LogP contribution < -0.4 is 0 Å². The summed E-state index contributed by atoms with van der Waals surface area (Å²) in [6.07, 6.45) is 3.44. The molecular weight excluding hydrogens is 464 g/mol. The van der Waals surface area contributed by atoms with E-state index in [1.807, 2.05) is 26.8 Å². The molecule has 1 aliphatic heterocycles. The van der Waals surface area contributed by atoms with E-state index in [1.165, 1.54) is 13.8 Å². The van der Waals surface area contributed by atoms with Crippen molar-refractivity contribution in [3.63, 3.8) is 0 Å². The normalized spacial score (nSPS) is 45.1. The van der Waals surface area contributed by atoms with Crippen molar-refractivity contribution in [1.29, 1.82) is 0 Å². The zero-order valence-corrected chi connectivity index (χ0v) is 22.4. The largest absolute Gasteiger partial charge is 0.466 e. The molecule has 4 aliphatic rings. The van der Waals surface area contributed by atoms with Crippen molar-refractivity contribution in [2.45, 2.75) is 73.0 Å². The second-order valence-electron chi connectivity index (χ2n) is 12.3. The number of ether oxygens (including phenoxy) is 3. The van der Waals surface area contributed by atoms with E-state index in [9.17, 15) is 24.0 Å². The van der Waals surface area contributed by atoms with Gasteiger partial charge in [-0.05, 0) is 50.0 Å². The first kappa shape index (κ1) is 26.3. The molecule has 0 unspecified atom stereocenters. The van der Waals surface area contributed by atoms with Crippen LogP contribution in [0.1, 0.15) is 61.3 Å². The number of rotatable bonds is 2. The monoisotopic (exact) mass is 500 g/mol. The number of fused-ring (bicyclic) bond motifs is 5. The van der Waals surface area contributed by atoms with Gasteiger partial charge in [0.1, 0.15) is 6.10 Å². The fraction of sp³-hybridized carbons (Fsp3) is 0.679. The molecule has 4 rings (SSSR count). The zero-order chi connectivity index (χ0) is 27.2. The first-order valence-corrected chi connectivity index (χ1v) is 12.4. The molecule has 1 saturated heterocycles. The number of cyclic esters (lactones) is 1. The van der Waals surface area contributed by atoms with Crippen LogP contribution in [0.5, 0.6) is 0 Å². The molecule has 8 heteroatoms. The highest BCUT2D eigenvalue weighted by atomic mass is 16.6. The lowest BCUT2D eigenvalue weighted by Crippen LogP contribution is -2.73. The third-order valence-electron chi connectivity index (χ3n) is 10.2. The number of methoxy groups -OCH3 is 1. The zero-order valence-electron chi connectivity index (χ0n) is 22.4. The van der Waals surface area contributed by atoms with Crippen LogP contribution in [0.25, 0.3) is 0 Å². The van der Waals surface area contributed by atoms with Gasteiger partial charge in [0.2, 0.25) is 0 Å². The number of ketones is 2. The van der Waals surface area contributed by atoms with Crippen LogP contribution in [0.2, 0.25) is 0 Å². The molecule has 3 fully saturated rings. The van der Waals surface area contributed by atoms with Crippen molar-refractivity contribution in [1.82, 2.24) is 0 Å². The Balaban J connectivity index is 1.96. The molecule has 8 nitrogen and oxygen atoms in total. The smallest absolute Gasteiger partial charge is 0.358 e. The van der Waals surface area contributed by atoms with E-state index in [4.69, 9.17) is 14.2 Å². The number of allylic oxidation sites excluding steroid dienone is 3. The van der Waals surface area contributed by atoms with Crippen molar-refractivity contribution in [2.75, 3.05) is 7.11 Å². The van der Waals surface area contributed by atoms with Gasteiger partial charge in [-0.1, -0.05) is 45.9 Å². The molecule has 0 aromatic heterocycles. The summed E-state index contributed by atoms with van der Waals surface area (Å²) in [5.74, 6) is -4.34. The van der Waals surface area contributed by atoms with E-state index in [0.29, 0.717) is 18.4 Å². The maximum Gasteiger partial charge on any atom is 0.358 e. The van der Waals surface area contributed by atoms with E-state index in [0.717, 1.165) is 7.11 Å².